The quantitative estimate of drug-likeness (QED) is 0.857. The van der Waals surface area contributed by atoms with Gasteiger partial charge in [0.25, 0.3) is 11.5 Å². The van der Waals surface area contributed by atoms with E-state index in [-0.39, 0.29) is 17.0 Å². The van der Waals surface area contributed by atoms with Crippen LogP contribution in [0.25, 0.3) is 4.96 Å². The van der Waals surface area contributed by atoms with Crippen LogP contribution < -0.4 is 10.9 Å². The molecular formula is C13H18N4O2S. The molecule has 2 aromatic heterocycles. The number of hydrogen-bond acceptors (Lipinski definition) is 5. The van der Waals surface area contributed by atoms with Crippen LogP contribution in [0.1, 0.15) is 24.2 Å². The van der Waals surface area contributed by atoms with Crippen LogP contribution in [0.15, 0.2) is 22.6 Å². The molecule has 108 valence electrons. The Morgan fingerprint density at radius 2 is 2.20 bits per heavy atom. The Bertz CT molecular complexity index is 645. The maximum absolute atomic E-state index is 12.1. The van der Waals surface area contributed by atoms with E-state index in [9.17, 15) is 9.59 Å². The first-order valence-corrected chi connectivity index (χ1v) is 7.50. The Morgan fingerprint density at radius 3 is 2.90 bits per heavy atom. The number of thiazole rings is 1. The topological polar surface area (TPSA) is 66.7 Å². The summed E-state index contributed by atoms with van der Waals surface area (Å²) in [6, 6.07) is 0. The number of carbonyl (C=O) groups is 1. The van der Waals surface area contributed by atoms with Crippen molar-refractivity contribution in [1.82, 2.24) is 19.6 Å². The fourth-order valence-electron chi connectivity index (χ4n) is 1.94. The Morgan fingerprint density at radius 1 is 1.45 bits per heavy atom. The largest absolute Gasteiger partial charge is 0.351 e. The predicted octanol–water partition coefficient (Wildman–Crippen LogP) is 0.828. The molecule has 0 spiro atoms. The molecule has 0 saturated carbocycles. The minimum absolute atomic E-state index is 0.0837. The summed E-state index contributed by atoms with van der Waals surface area (Å²) in [6.45, 7) is 7.33. The van der Waals surface area contributed by atoms with Crippen LogP contribution in [0.2, 0.25) is 0 Å². The second kappa shape index (κ2) is 6.62. The zero-order valence-corrected chi connectivity index (χ0v) is 12.4. The fourth-order valence-corrected chi connectivity index (χ4v) is 2.62. The molecule has 0 aromatic carbocycles. The molecule has 0 aliphatic carbocycles. The zero-order chi connectivity index (χ0) is 14.5. The third kappa shape index (κ3) is 3.05. The minimum atomic E-state index is -0.366. The monoisotopic (exact) mass is 294 g/mol. The number of amides is 1. The van der Waals surface area contributed by atoms with Crippen molar-refractivity contribution in [3.63, 3.8) is 0 Å². The maximum atomic E-state index is 12.1. The summed E-state index contributed by atoms with van der Waals surface area (Å²) in [5.74, 6) is -0.366. The van der Waals surface area contributed by atoms with E-state index in [1.165, 1.54) is 21.9 Å². The molecule has 2 heterocycles. The highest BCUT2D eigenvalue weighted by Gasteiger charge is 2.13. The van der Waals surface area contributed by atoms with Gasteiger partial charge in [0.05, 0.1) is 0 Å². The third-order valence-corrected chi connectivity index (χ3v) is 3.97. The van der Waals surface area contributed by atoms with E-state index in [4.69, 9.17) is 0 Å². The number of carbonyl (C=O) groups excluding carboxylic acids is 1. The van der Waals surface area contributed by atoms with Gasteiger partial charge in [0.1, 0.15) is 5.56 Å². The SMILES string of the molecule is CCN(CC)CCNC(=O)c1cnc2sccn2c1=O. The van der Waals surface area contributed by atoms with Gasteiger partial charge < -0.3 is 10.2 Å². The van der Waals surface area contributed by atoms with Crippen molar-refractivity contribution in [3.8, 4) is 0 Å². The van der Waals surface area contributed by atoms with Crippen molar-refractivity contribution in [1.29, 1.82) is 0 Å². The molecule has 0 saturated heterocycles. The number of likely N-dealkylation sites (N-methyl/N-ethyl adjacent to an activating group) is 1. The standard InChI is InChI=1S/C13H18N4O2S/c1-3-16(4-2)6-5-14-11(18)10-9-15-13-17(12(10)19)7-8-20-13/h7-9H,3-6H2,1-2H3,(H,14,18). The molecule has 20 heavy (non-hydrogen) atoms. The summed E-state index contributed by atoms with van der Waals surface area (Å²) in [6.07, 6.45) is 2.98. The van der Waals surface area contributed by atoms with Crippen molar-refractivity contribution in [2.24, 2.45) is 0 Å². The van der Waals surface area contributed by atoms with Crippen molar-refractivity contribution in [2.45, 2.75) is 13.8 Å². The molecule has 6 nitrogen and oxygen atoms in total. The molecule has 1 N–H and O–H groups in total. The average molecular weight is 294 g/mol. The molecule has 0 fully saturated rings. The van der Waals surface area contributed by atoms with Crippen LogP contribution in [-0.4, -0.2) is 46.4 Å². The fraction of sp³-hybridized carbons (Fsp3) is 0.462. The molecule has 0 unspecified atom stereocenters. The Hall–Kier alpha value is -1.73. The van der Waals surface area contributed by atoms with Gasteiger partial charge in [-0.05, 0) is 13.1 Å². The van der Waals surface area contributed by atoms with Gasteiger partial charge in [-0.25, -0.2) is 4.98 Å². The molecule has 0 aliphatic rings. The number of rotatable bonds is 6. The first kappa shape index (κ1) is 14.7. The number of fused-ring (bicyclic) bond motifs is 1. The summed E-state index contributed by atoms with van der Waals surface area (Å²) in [7, 11) is 0. The third-order valence-electron chi connectivity index (χ3n) is 3.20. The predicted molar refractivity (Wildman–Crippen MR) is 79.5 cm³/mol. The molecule has 0 radical (unpaired) electrons. The van der Waals surface area contributed by atoms with Crippen molar-refractivity contribution >= 4 is 22.2 Å². The van der Waals surface area contributed by atoms with Crippen LogP contribution >= 0.6 is 11.3 Å². The molecule has 7 heteroatoms. The van der Waals surface area contributed by atoms with E-state index in [1.54, 1.807) is 11.6 Å². The highest BCUT2D eigenvalue weighted by molar-refractivity contribution is 7.15. The first-order valence-electron chi connectivity index (χ1n) is 6.62. The van der Waals surface area contributed by atoms with E-state index in [2.05, 4.69) is 29.0 Å². The summed E-state index contributed by atoms with van der Waals surface area (Å²) in [5, 5.41) is 4.53. The second-order valence-corrected chi connectivity index (χ2v) is 5.19. The Kier molecular flexibility index (Phi) is 4.86. The second-order valence-electron chi connectivity index (χ2n) is 4.32. The van der Waals surface area contributed by atoms with Crippen LogP contribution in [-0.2, 0) is 0 Å². The average Bonchev–Trinajstić information content (AvgIpc) is 2.93. The summed E-state index contributed by atoms with van der Waals surface area (Å²) >= 11 is 1.36. The molecule has 1 amide bonds. The summed E-state index contributed by atoms with van der Waals surface area (Å²) < 4.78 is 1.39. The molecular weight excluding hydrogens is 276 g/mol. The number of nitrogens with zero attached hydrogens (tertiary/aromatic N) is 3. The smallest absolute Gasteiger partial charge is 0.271 e. The van der Waals surface area contributed by atoms with E-state index >= 15 is 0 Å². The van der Waals surface area contributed by atoms with Gasteiger partial charge in [-0.1, -0.05) is 13.8 Å². The van der Waals surface area contributed by atoms with Gasteiger partial charge in [-0.15, -0.1) is 11.3 Å². The maximum Gasteiger partial charge on any atom is 0.271 e. The van der Waals surface area contributed by atoms with E-state index in [1.807, 2.05) is 0 Å². The van der Waals surface area contributed by atoms with Crippen LogP contribution in [0.5, 0.6) is 0 Å². The van der Waals surface area contributed by atoms with Gasteiger partial charge in [-0.3, -0.25) is 14.0 Å². The number of nitrogens with one attached hydrogen (secondary N) is 1. The zero-order valence-electron chi connectivity index (χ0n) is 11.6. The van der Waals surface area contributed by atoms with Gasteiger partial charge in [0.2, 0.25) is 0 Å². The van der Waals surface area contributed by atoms with Crippen LogP contribution in [0, 0.1) is 0 Å². The van der Waals surface area contributed by atoms with Crippen molar-refractivity contribution in [2.75, 3.05) is 26.2 Å². The van der Waals surface area contributed by atoms with Gasteiger partial charge >= 0.3 is 0 Å². The first-order chi connectivity index (χ1) is 9.67. The van der Waals surface area contributed by atoms with Crippen molar-refractivity contribution < 1.29 is 4.79 Å². The normalized spacial score (nSPS) is 11.2. The van der Waals surface area contributed by atoms with E-state index in [0.29, 0.717) is 11.5 Å². The van der Waals surface area contributed by atoms with Crippen molar-refractivity contribution in [3.05, 3.63) is 33.7 Å². The van der Waals surface area contributed by atoms with Crippen LogP contribution in [0.4, 0.5) is 0 Å². The van der Waals surface area contributed by atoms with E-state index < -0.39 is 0 Å². The molecule has 0 aliphatic heterocycles. The summed E-state index contributed by atoms with van der Waals surface area (Å²) in [4.78, 5) is 31.0. The lowest BCUT2D eigenvalue weighted by atomic mass is 10.3. The molecule has 2 aromatic rings. The molecule has 0 bridgehead atoms. The molecule has 2 rings (SSSR count). The highest BCUT2D eigenvalue weighted by Crippen LogP contribution is 2.05. The van der Waals surface area contributed by atoms with E-state index in [0.717, 1.165) is 19.6 Å². The van der Waals surface area contributed by atoms with Crippen LogP contribution in [0.3, 0.4) is 0 Å². The highest BCUT2D eigenvalue weighted by atomic mass is 32.1. The van der Waals surface area contributed by atoms with Gasteiger partial charge in [0.15, 0.2) is 4.96 Å². The summed E-state index contributed by atoms with van der Waals surface area (Å²) in [5.41, 5.74) is -0.239. The molecule has 0 atom stereocenters. The number of hydrogen-bond donors (Lipinski definition) is 1. The lowest BCUT2D eigenvalue weighted by molar-refractivity contribution is 0.0947. The lowest BCUT2D eigenvalue weighted by Crippen LogP contribution is -2.37. The Balaban J connectivity index is 2.04. The Labute approximate surface area is 121 Å². The van der Waals surface area contributed by atoms with Gasteiger partial charge in [0, 0.05) is 30.9 Å². The number of aromatic nitrogens is 2. The lowest BCUT2D eigenvalue weighted by Gasteiger charge is -2.17. The minimum Gasteiger partial charge on any atom is -0.351 e. The van der Waals surface area contributed by atoms with Gasteiger partial charge in [-0.2, -0.15) is 0 Å².